The highest BCUT2D eigenvalue weighted by atomic mass is 35.5. The van der Waals surface area contributed by atoms with Crippen molar-refractivity contribution < 1.29 is 38.1 Å². The Bertz CT molecular complexity index is 2390. The number of benzene rings is 4. The zero-order valence-corrected chi connectivity index (χ0v) is 36.2. The van der Waals surface area contributed by atoms with Gasteiger partial charge in [0.2, 0.25) is 0 Å². The van der Waals surface area contributed by atoms with Crippen LogP contribution < -0.4 is 20.4 Å². The standard InChI is InChI=1S/2C23H25FN4O3.ClH/c2*1-14(2)13-31-23(30)25-16-9-10-28(12-16)22-18-11-15(24)7-8-19(18)26-21(27-22)17-5-3-4-6-20(17)29;/h2*3-8,11,14,16,29H,9-10,12-13H2,1-2H3,(H,25,30);1H/t2*16-;/m11./s1. The maximum atomic E-state index is 14.0. The van der Waals surface area contributed by atoms with Crippen molar-refractivity contribution >= 4 is 58.0 Å². The molecule has 0 bridgehead atoms. The van der Waals surface area contributed by atoms with Gasteiger partial charge in [-0.25, -0.2) is 38.3 Å². The highest BCUT2D eigenvalue weighted by Gasteiger charge is 2.29. The van der Waals surface area contributed by atoms with Crippen LogP contribution in [0.1, 0.15) is 40.5 Å². The summed E-state index contributed by atoms with van der Waals surface area (Å²) in [5.41, 5.74) is 2.16. The number of aromatic nitrogens is 4. The molecule has 8 rings (SSSR count). The molecule has 2 aliphatic rings. The minimum atomic E-state index is -0.436. The molecule has 17 heteroatoms. The predicted octanol–water partition coefficient (Wildman–Crippen LogP) is 8.63. The van der Waals surface area contributed by atoms with E-state index in [1.165, 1.54) is 24.3 Å². The summed E-state index contributed by atoms with van der Waals surface area (Å²) in [5.74, 6) is 1.79. The summed E-state index contributed by atoms with van der Waals surface area (Å²) in [6.45, 7) is 10.9. The van der Waals surface area contributed by atoms with Gasteiger partial charge >= 0.3 is 12.2 Å². The first-order valence-electron chi connectivity index (χ1n) is 20.7. The lowest BCUT2D eigenvalue weighted by Crippen LogP contribution is -2.38. The largest absolute Gasteiger partial charge is 0.507 e. The van der Waals surface area contributed by atoms with Gasteiger partial charge in [-0.3, -0.25) is 0 Å². The number of carbonyl (C=O) groups excluding carboxylic acids is 2. The van der Waals surface area contributed by atoms with Gasteiger partial charge in [-0.05, 0) is 85.3 Å². The van der Waals surface area contributed by atoms with E-state index in [2.05, 4.69) is 30.6 Å². The summed E-state index contributed by atoms with van der Waals surface area (Å²) in [6, 6.07) is 22.2. The third kappa shape index (κ3) is 11.5. The van der Waals surface area contributed by atoms with Crippen molar-refractivity contribution in [2.24, 2.45) is 11.8 Å². The van der Waals surface area contributed by atoms with Crippen LogP contribution in [0.2, 0.25) is 0 Å². The van der Waals surface area contributed by atoms with Crippen LogP contribution in [-0.4, -0.2) is 93.8 Å². The number of aromatic hydroxyl groups is 2. The first-order valence-corrected chi connectivity index (χ1v) is 20.7. The Morgan fingerprint density at radius 1 is 0.651 bits per heavy atom. The third-order valence-electron chi connectivity index (χ3n) is 10.3. The summed E-state index contributed by atoms with van der Waals surface area (Å²) < 4.78 is 38.4. The fourth-order valence-electron chi connectivity index (χ4n) is 7.26. The van der Waals surface area contributed by atoms with Gasteiger partial charge in [0, 0.05) is 37.0 Å². The zero-order chi connectivity index (χ0) is 43.9. The molecule has 0 radical (unpaired) electrons. The van der Waals surface area contributed by atoms with Gasteiger partial charge in [0.1, 0.15) is 34.8 Å². The van der Waals surface area contributed by atoms with Crippen LogP contribution in [0.5, 0.6) is 11.5 Å². The number of phenols is 2. The van der Waals surface area contributed by atoms with Crippen LogP contribution in [0.4, 0.5) is 30.0 Å². The normalized spacial score (nSPS) is 15.9. The molecule has 2 fully saturated rings. The summed E-state index contributed by atoms with van der Waals surface area (Å²) in [5, 5.41) is 27.5. The summed E-state index contributed by atoms with van der Waals surface area (Å²) in [6.07, 6.45) is 0.551. The number of fused-ring (bicyclic) bond motifs is 2. The average molecular weight is 885 g/mol. The lowest BCUT2D eigenvalue weighted by molar-refractivity contribution is 0.129. The van der Waals surface area contributed by atoms with E-state index in [1.807, 2.05) is 37.5 Å². The number of rotatable bonds is 10. The Kier molecular flexibility index (Phi) is 15.0. The molecule has 4 heterocycles. The highest BCUT2D eigenvalue weighted by Crippen LogP contribution is 2.35. The summed E-state index contributed by atoms with van der Waals surface area (Å²) in [7, 11) is 0. The predicted molar refractivity (Wildman–Crippen MR) is 240 cm³/mol. The Morgan fingerprint density at radius 2 is 1.05 bits per heavy atom. The number of para-hydroxylation sites is 2. The number of carbonyl (C=O) groups is 2. The number of alkyl carbamates (subject to hydrolysis) is 2. The molecule has 6 aromatic rings. The van der Waals surface area contributed by atoms with Crippen molar-refractivity contribution in [2.75, 3.05) is 49.2 Å². The van der Waals surface area contributed by atoms with E-state index in [9.17, 15) is 28.6 Å². The maximum Gasteiger partial charge on any atom is 0.407 e. The monoisotopic (exact) mass is 884 g/mol. The first-order chi connectivity index (χ1) is 29.8. The maximum absolute atomic E-state index is 14.0. The average Bonchev–Trinajstić information content (AvgIpc) is 3.92. The fourth-order valence-corrected chi connectivity index (χ4v) is 7.26. The molecule has 0 aliphatic carbocycles. The number of amides is 2. The van der Waals surface area contributed by atoms with Crippen molar-refractivity contribution in [2.45, 2.75) is 52.6 Å². The van der Waals surface area contributed by atoms with Gasteiger partial charge in [0.25, 0.3) is 0 Å². The van der Waals surface area contributed by atoms with E-state index in [0.29, 0.717) is 108 Å². The lowest BCUT2D eigenvalue weighted by Gasteiger charge is -2.21. The number of ether oxygens (including phenoxy) is 2. The molecule has 2 amide bonds. The van der Waals surface area contributed by atoms with Crippen molar-refractivity contribution in [1.82, 2.24) is 30.6 Å². The Labute approximate surface area is 370 Å². The van der Waals surface area contributed by atoms with Crippen molar-refractivity contribution in [3.05, 3.63) is 96.6 Å². The minimum Gasteiger partial charge on any atom is -0.507 e. The van der Waals surface area contributed by atoms with E-state index >= 15 is 0 Å². The molecule has 0 saturated carbocycles. The van der Waals surface area contributed by atoms with E-state index in [0.717, 1.165) is 0 Å². The molecule has 332 valence electrons. The van der Waals surface area contributed by atoms with Crippen LogP contribution in [0.25, 0.3) is 44.6 Å². The number of anilines is 2. The number of nitrogens with one attached hydrogen (secondary N) is 2. The van der Waals surface area contributed by atoms with Gasteiger partial charge in [0.05, 0.1) is 47.5 Å². The molecule has 0 spiro atoms. The Morgan fingerprint density at radius 3 is 1.43 bits per heavy atom. The van der Waals surface area contributed by atoms with Crippen molar-refractivity contribution in [1.29, 1.82) is 0 Å². The molecule has 63 heavy (non-hydrogen) atoms. The molecule has 2 saturated heterocycles. The van der Waals surface area contributed by atoms with Gasteiger partial charge < -0.3 is 40.1 Å². The number of phenolic OH excluding ortho intramolecular Hbond substituents is 2. The fraction of sp³-hybridized carbons (Fsp3) is 0.348. The van der Waals surface area contributed by atoms with Crippen molar-refractivity contribution in [3.8, 4) is 34.3 Å². The van der Waals surface area contributed by atoms with Gasteiger partial charge in [-0.2, -0.15) is 0 Å². The number of hydrogen-bond donors (Lipinski definition) is 4. The van der Waals surface area contributed by atoms with E-state index in [1.54, 1.807) is 60.7 Å². The third-order valence-corrected chi connectivity index (χ3v) is 10.3. The molecule has 2 atom stereocenters. The second kappa shape index (κ2) is 20.5. The summed E-state index contributed by atoms with van der Waals surface area (Å²) >= 11 is 0. The first kappa shape index (κ1) is 46.0. The molecule has 2 aromatic heterocycles. The van der Waals surface area contributed by atoms with Crippen LogP contribution in [0, 0.1) is 23.5 Å². The zero-order valence-electron chi connectivity index (χ0n) is 35.4. The molecule has 14 nitrogen and oxygen atoms in total. The van der Waals surface area contributed by atoms with E-state index < -0.39 is 12.2 Å². The second-order valence-corrected chi connectivity index (χ2v) is 16.2. The molecule has 4 aromatic carbocycles. The Balaban J connectivity index is 0.000000206. The van der Waals surface area contributed by atoms with Crippen LogP contribution in [-0.2, 0) is 9.47 Å². The number of halogens is 3. The van der Waals surface area contributed by atoms with Crippen LogP contribution >= 0.6 is 12.4 Å². The molecular formula is C46H51ClF2N8O6. The van der Waals surface area contributed by atoms with Crippen LogP contribution in [0.3, 0.4) is 0 Å². The van der Waals surface area contributed by atoms with Gasteiger partial charge in [-0.15, -0.1) is 12.4 Å². The quantitative estimate of drug-likeness (QED) is 0.103. The SMILES string of the molecule is CC(C)COC(=O)N[C@@H]1CCN(c2nc(-c3ccccc3O)nc3ccc(F)cc23)C1.CC(C)COC(=O)N[C@@H]1CCN(c2nc(-c3ccccc3O)nc3ccc(F)cc23)C1.Cl. The van der Waals surface area contributed by atoms with E-state index in [-0.39, 0.29) is 59.5 Å². The molecule has 0 unspecified atom stereocenters. The van der Waals surface area contributed by atoms with Crippen LogP contribution in [0.15, 0.2) is 84.9 Å². The topological polar surface area (TPSA) is 175 Å². The van der Waals surface area contributed by atoms with E-state index in [4.69, 9.17) is 9.47 Å². The lowest BCUT2D eigenvalue weighted by atomic mass is 10.1. The molecule has 2 aliphatic heterocycles. The van der Waals surface area contributed by atoms with Crippen molar-refractivity contribution in [3.63, 3.8) is 0 Å². The molecule has 4 N–H and O–H groups in total. The molecular weight excluding hydrogens is 834 g/mol. The highest BCUT2D eigenvalue weighted by molar-refractivity contribution is 5.93. The second-order valence-electron chi connectivity index (χ2n) is 16.2. The minimum absolute atomic E-state index is 0. The summed E-state index contributed by atoms with van der Waals surface area (Å²) in [4.78, 5) is 46.5. The smallest absolute Gasteiger partial charge is 0.407 e. The van der Waals surface area contributed by atoms with Gasteiger partial charge in [0.15, 0.2) is 11.6 Å². The number of nitrogens with zero attached hydrogens (tertiary/aromatic N) is 6. The number of hydrogen-bond acceptors (Lipinski definition) is 12. The van der Waals surface area contributed by atoms with Gasteiger partial charge in [-0.1, -0.05) is 52.0 Å². The Hall–Kier alpha value is -6.55.